The van der Waals surface area contributed by atoms with Crippen LogP contribution in [0.2, 0.25) is 0 Å². The van der Waals surface area contributed by atoms with Crippen LogP contribution in [0.4, 0.5) is 22.0 Å². The maximum atomic E-state index is 13.6. The Balaban J connectivity index is 1.86. The van der Waals surface area contributed by atoms with E-state index < -0.39 is 23.4 Å². The Morgan fingerprint density at radius 2 is 1.52 bits per heavy atom. The standard InChI is InChI=1S/C20H25F5/c1-2-3-4-5-14-6-8-15(9-7-14)10-11-16-12-17(21)19(18(22)13-16)20(23,24)25/h3-4,12-15H,2,5-11H2,1H3/b4-3+/t14-,15-. The summed E-state index contributed by atoms with van der Waals surface area (Å²) >= 11 is 0. The Labute approximate surface area is 146 Å². The van der Waals surface area contributed by atoms with Crippen LogP contribution in [0.1, 0.15) is 63.0 Å². The highest BCUT2D eigenvalue weighted by atomic mass is 19.4. The first-order valence-corrected chi connectivity index (χ1v) is 9.01. The fourth-order valence-electron chi connectivity index (χ4n) is 3.62. The summed E-state index contributed by atoms with van der Waals surface area (Å²) in [5.74, 6) is -1.84. The lowest BCUT2D eigenvalue weighted by atomic mass is 9.78. The molecule has 0 bridgehead atoms. The van der Waals surface area contributed by atoms with Gasteiger partial charge in [0.2, 0.25) is 0 Å². The van der Waals surface area contributed by atoms with E-state index in [1.54, 1.807) is 0 Å². The van der Waals surface area contributed by atoms with Gasteiger partial charge in [-0.2, -0.15) is 13.2 Å². The Bertz CT molecular complexity index is 557. The molecule has 1 aromatic carbocycles. The molecule has 0 N–H and O–H groups in total. The second-order valence-electron chi connectivity index (χ2n) is 6.97. The van der Waals surface area contributed by atoms with Gasteiger partial charge in [0.05, 0.1) is 0 Å². The maximum absolute atomic E-state index is 13.6. The van der Waals surface area contributed by atoms with E-state index in [0.29, 0.717) is 23.8 Å². The van der Waals surface area contributed by atoms with Crippen LogP contribution in [-0.4, -0.2) is 0 Å². The van der Waals surface area contributed by atoms with Crippen LogP contribution in [0.3, 0.4) is 0 Å². The van der Waals surface area contributed by atoms with Crippen molar-refractivity contribution < 1.29 is 22.0 Å². The monoisotopic (exact) mass is 360 g/mol. The van der Waals surface area contributed by atoms with Crippen molar-refractivity contribution in [3.8, 4) is 0 Å². The smallest absolute Gasteiger partial charge is 0.206 e. The summed E-state index contributed by atoms with van der Waals surface area (Å²) in [5.41, 5.74) is -1.49. The zero-order valence-electron chi connectivity index (χ0n) is 14.5. The minimum Gasteiger partial charge on any atom is -0.206 e. The zero-order valence-corrected chi connectivity index (χ0v) is 14.5. The van der Waals surface area contributed by atoms with Crippen molar-refractivity contribution in [1.29, 1.82) is 0 Å². The van der Waals surface area contributed by atoms with E-state index in [1.807, 2.05) is 0 Å². The number of hydrogen-bond acceptors (Lipinski definition) is 0. The summed E-state index contributed by atoms with van der Waals surface area (Å²) in [5, 5.41) is 0. The molecular weight excluding hydrogens is 335 g/mol. The number of alkyl halides is 3. The quantitative estimate of drug-likeness (QED) is 0.376. The molecule has 1 saturated carbocycles. The predicted molar refractivity (Wildman–Crippen MR) is 89.2 cm³/mol. The summed E-state index contributed by atoms with van der Waals surface area (Å²) in [6.07, 6.45) is 7.20. The van der Waals surface area contributed by atoms with E-state index in [9.17, 15) is 22.0 Å². The highest BCUT2D eigenvalue weighted by Gasteiger charge is 2.37. The van der Waals surface area contributed by atoms with Crippen molar-refractivity contribution in [2.75, 3.05) is 0 Å². The Kier molecular flexibility index (Phi) is 7.03. The van der Waals surface area contributed by atoms with Crippen LogP contribution < -0.4 is 0 Å². The van der Waals surface area contributed by atoms with Gasteiger partial charge >= 0.3 is 6.18 Å². The van der Waals surface area contributed by atoms with E-state index >= 15 is 0 Å². The van der Waals surface area contributed by atoms with Crippen molar-refractivity contribution in [3.63, 3.8) is 0 Å². The zero-order chi connectivity index (χ0) is 18.4. The van der Waals surface area contributed by atoms with E-state index in [0.717, 1.165) is 57.1 Å². The molecule has 0 amide bonds. The highest BCUT2D eigenvalue weighted by Crippen LogP contribution is 2.36. The fraction of sp³-hybridized carbons (Fsp3) is 0.600. The molecule has 0 aliphatic heterocycles. The average Bonchev–Trinajstić information content (AvgIpc) is 2.52. The summed E-state index contributed by atoms with van der Waals surface area (Å²) in [7, 11) is 0. The van der Waals surface area contributed by atoms with Gasteiger partial charge in [-0.15, -0.1) is 0 Å². The molecule has 0 saturated heterocycles. The van der Waals surface area contributed by atoms with Gasteiger partial charge in [-0.05, 0) is 68.1 Å². The SMILES string of the molecule is CC/C=C/C[C@H]1CC[C@H](CCc2cc(F)c(C(F)(F)F)c(F)c2)CC1. The van der Waals surface area contributed by atoms with E-state index in [1.165, 1.54) is 0 Å². The fourth-order valence-corrected chi connectivity index (χ4v) is 3.62. The molecular formula is C20H25F5. The van der Waals surface area contributed by atoms with Gasteiger partial charge in [-0.3, -0.25) is 0 Å². The van der Waals surface area contributed by atoms with Crippen molar-refractivity contribution in [2.24, 2.45) is 11.8 Å². The Hall–Kier alpha value is -1.39. The van der Waals surface area contributed by atoms with Crippen molar-refractivity contribution in [1.82, 2.24) is 0 Å². The van der Waals surface area contributed by atoms with Gasteiger partial charge < -0.3 is 0 Å². The lowest BCUT2D eigenvalue weighted by Crippen LogP contribution is -2.15. The average molecular weight is 360 g/mol. The van der Waals surface area contributed by atoms with Crippen molar-refractivity contribution in [3.05, 3.63) is 47.0 Å². The first-order chi connectivity index (χ1) is 11.8. The van der Waals surface area contributed by atoms with Gasteiger partial charge in [0.15, 0.2) is 0 Å². The Morgan fingerprint density at radius 1 is 0.960 bits per heavy atom. The topological polar surface area (TPSA) is 0 Å². The van der Waals surface area contributed by atoms with Crippen LogP contribution in [0.15, 0.2) is 24.3 Å². The second kappa shape index (κ2) is 8.81. The molecule has 0 spiro atoms. The number of hydrogen-bond donors (Lipinski definition) is 0. The van der Waals surface area contributed by atoms with Crippen LogP contribution >= 0.6 is 0 Å². The van der Waals surface area contributed by atoms with Crippen LogP contribution in [-0.2, 0) is 12.6 Å². The van der Waals surface area contributed by atoms with Gasteiger partial charge in [0.1, 0.15) is 17.2 Å². The molecule has 0 aromatic heterocycles. The van der Waals surface area contributed by atoms with E-state index in [-0.39, 0.29) is 0 Å². The molecule has 25 heavy (non-hydrogen) atoms. The minimum absolute atomic E-state index is 0.302. The van der Waals surface area contributed by atoms with E-state index in [4.69, 9.17) is 0 Å². The normalized spacial score (nSPS) is 21.8. The number of halogens is 5. The van der Waals surface area contributed by atoms with Crippen LogP contribution in [0.25, 0.3) is 0 Å². The molecule has 0 atom stereocenters. The summed E-state index contributed by atoms with van der Waals surface area (Å²) in [6.45, 7) is 2.11. The molecule has 0 radical (unpaired) electrons. The van der Waals surface area contributed by atoms with Crippen LogP contribution in [0.5, 0.6) is 0 Å². The molecule has 2 rings (SSSR count). The summed E-state index contributed by atoms with van der Waals surface area (Å²) < 4.78 is 65.0. The third-order valence-electron chi connectivity index (χ3n) is 5.06. The molecule has 1 aliphatic carbocycles. The van der Waals surface area contributed by atoms with Gasteiger partial charge in [0.25, 0.3) is 0 Å². The largest absolute Gasteiger partial charge is 0.422 e. The van der Waals surface area contributed by atoms with Gasteiger partial charge in [-0.1, -0.05) is 31.9 Å². The van der Waals surface area contributed by atoms with E-state index in [2.05, 4.69) is 19.1 Å². The maximum Gasteiger partial charge on any atom is 0.422 e. The van der Waals surface area contributed by atoms with Crippen LogP contribution in [0, 0.1) is 23.5 Å². The van der Waals surface area contributed by atoms with Gasteiger partial charge in [0, 0.05) is 0 Å². The number of allylic oxidation sites excluding steroid dienone is 2. The minimum atomic E-state index is -5.00. The molecule has 1 aromatic rings. The Morgan fingerprint density at radius 3 is 2.04 bits per heavy atom. The molecule has 1 fully saturated rings. The van der Waals surface area contributed by atoms with Gasteiger partial charge in [-0.25, -0.2) is 8.78 Å². The lowest BCUT2D eigenvalue weighted by molar-refractivity contribution is -0.142. The molecule has 0 heterocycles. The first-order valence-electron chi connectivity index (χ1n) is 9.01. The molecule has 140 valence electrons. The molecule has 1 aliphatic rings. The van der Waals surface area contributed by atoms with Crippen molar-refractivity contribution in [2.45, 2.75) is 64.5 Å². The second-order valence-corrected chi connectivity index (χ2v) is 6.97. The molecule has 5 heteroatoms. The predicted octanol–water partition coefficient (Wildman–Crippen LogP) is 7.08. The number of rotatable bonds is 6. The summed E-state index contributed by atoms with van der Waals surface area (Å²) in [4.78, 5) is 0. The first kappa shape index (κ1) is 19.9. The third-order valence-corrected chi connectivity index (χ3v) is 5.06. The number of aryl methyl sites for hydroxylation is 1. The molecule has 0 unspecified atom stereocenters. The lowest BCUT2D eigenvalue weighted by Gasteiger charge is -2.28. The summed E-state index contributed by atoms with van der Waals surface area (Å²) in [6, 6.07) is 1.65. The van der Waals surface area contributed by atoms with Crippen molar-refractivity contribution >= 4 is 0 Å². The third kappa shape index (κ3) is 5.82. The molecule has 0 nitrogen and oxygen atoms in total. The number of benzene rings is 1. The highest BCUT2D eigenvalue weighted by molar-refractivity contribution is 5.28.